The van der Waals surface area contributed by atoms with E-state index in [0.717, 1.165) is 66.3 Å². The maximum Gasteiger partial charge on any atom is 0.407 e. The number of H-pyrrole nitrogens is 2. The lowest BCUT2D eigenvalue weighted by molar-refractivity contribution is -0.135. The van der Waals surface area contributed by atoms with E-state index < -0.39 is 18.2 Å². The van der Waals surface area contributed by atoms with Crippen molar-refractivity contribution in [1.29, 1.82) is 0 Å². The van der Waals surface area contributed by atoms with Gasteiger partial charge in [0.25, 0.3) is 0 Å². The van der Waals surface area contributed by atoms with Gasteiger partial charge in [-0.05, 0) is 107 Å². The molecule has 14 nitrogen and oxygen atoms in total. The van der Waals surface area contributed by atoms with Crippen molar-refractivity contribution in [2.24, 2.45) is 5.92 Å². The van der Waals surface area contributed by atoms with Crippen molar-refractivity contribution in [1.82, 2.24) is 40.4 Å². The van der Waals surface area contributed by atoms with Crippen LogP contribution in [0.15, 0.2) is 73.1 Å². The number of imidazole rings is 2. The number of rotatable bonds is 11. The Hall–Kier alpha value is -6.44. The minimum atomic E-state index is -0.683. The lowest BCUT2D eigenvalue weighted by Gasteiger charge is -2.30. The molecule has 2 aliphatic carbocycles. The summed E-state index contributed by atoms with van der Waals surface area (Å²) in [6, 6.07) is 21.1. The summed E-state index contributed by atoms with van der Waals surface area (Å²) in [5.41, 5.74) is 12.0. The van der Waals surface area contributed by atoms with Crippen molar-refractivity contribution in [3.63, 3.8) is 0 Å². The van der Waals surface area contributed by atoms with E-state index in [9.17, 15) is 19.2 Å². The molecule has 3 fully saturated rings. The molecule has 64 heavy (non-hydrogen) atoms. The number of aromatic nitrogens is 4. The number of likely N-dealkylation sites (tertiary alicyclic amines) is 2. The normalized spacial score (nSPS) is 19.3. The third-order valence-corrected chi connectivity index (χ3v) is 14.2. The van der Waals surface area contributed by atoms with E-state index in [-0.39, 0.29) is 41.8 Å². The second-order valence-electron chi connectivity index (χ2n) is 18.2. The first-order valence-corrected chi connectivity index (χ1v) is 22.8. The van der Waals surface area contributed by atoms with Crippen LogP contribution in [0.4, 0.5) is 9.59 Å². The van der Waals surface area contributed by atoms with E-state index in [0.29, 0.717) is 13.1 Å². The molecule has 2 saturated heterocycles. The molecule has 14 heteroatoms. The zero-order valence-corrected chi connectivity index (χ0v) is 37.2. The Morgan fingerprint density at radius 1 is 0.703 bits per heavy atom. The molecule has 1 saturated carbocycles. The highest BCUT2D eigenvalue weighted by atomic mass is 16.5. The van der Waals surface area contributed by atoms with Crippen molar-refractivity contribution in [2.45, 2.75) is 102 Å². The van der Waals surface area contributed by atoms with Gasteiger partial charge in [-0.2, -0.15) is 0 Å². The molecule has 9 rings (SSSR count). The Bertz CT molecular complexity index is 2520. The van der Waals surface area contributed by atoms with Crippen molar-refractivity contribution in [3.05, 3.63) is 95.8 Å². The highest BCUT2D eigenvalue weighted by Crippen LogP contribution is 2.55. The van der Waals surface area contributed by atoms with Crippen LogP contribution in [-0.2, 0) is 30.9 Å². The number of hydrogen-bond acceptors (Lipinski definition) is 8. The van der Waals surface area contributed by atoms with Crippen molar-refractivity contribution >= 4 is 24.0 Å². The minimum absolute atomic E-state index is 0.100. The SMILES string of the molecule is COC(=O)NCC(=O)N1CCC[C@H]1c1ncc(-c2ccc(-c3ccc(-c4ccc(-c5cnc([C@@H]6CCCN6C(=O)[C@@H](NC(=O)OC)C(C)C)[nH]5)cc4)c4c3C3(CCCC3)CC4)cc2)[nH]1. The van der Waals surface area contributed by atoms with Crippen LogP contribution in [0.25, 0.3) is 44.8 Å². The number of benzene rings is 3. The molecular weight excluding hydrogens is 809 g/mol. The largest absolute Gasteiger partial charge is 0.453 e. The van der Waals surface area contributed by atoms with Crippen LogP contribution in [0.5, 0.6) is 0 Å². The third kappa shape index (κ3) is 8.14. The zero-order valence-electron chi connectivity index (χ0n) is 37.2. The minimum Gasteiger partial charge on any atom is -0.453 e. The number of nitrogens with one attached hydrogen (secondary N) is 4. The smallest absolute Gasteiger partial charge is 0.407 e. The van der Waals surface area contributed by atoms with Gasteiger partial charge in [-0.3, -0.25) is 9.59 Å². The molecule has 2 aliphatic heterocycles. The van der Waals surface area contributed by atoms with Crippen LogP contribution in [0.2, 0.25) is 0 Å². The molecule has 4 heterocycles. The van der Waals surface area contributed by atoms with E-state index in [1.807, 2.05) is 31.1 Å². The fraction of sp³-hybridized carbons (Fsp3) is 0.440. The van der Waals surface area contributed by atoms with Gasteiger partial charge >= 0.3 is 12.2 Å². The molecule has 3 atom stereocenters. The average molecular weight is 867 g/mol. The van der Waals surface area contributed by atoms with Crippen LogP contribution in [-0.4, -0.2) is 93.6 Å². The van der Waals surface area contributed by atoms with Crippen LogP contribution in [0.1, 0.15) is 106 Å². The summed E-state index contributed by atoms with van der Waals surface area (Å²) in [4.78, 5) is 70.4. The van der Waals surface area contributed by atoms with E-state index in [4.69, 9.17) is 14.7 Å². The Labute approximate surface area is 373 Å². The number of alkyl carbamates (subject to hydrolysis) is 2. The second-order valence-corrected chi connectivity index (χ2v) is 18.2. The number of ether oxygens (including phenoxy) is 2. The zero-order chi connectivity index (χ0) is 44.5. The van der Waals surface area contributed by atoms with E-state index in [2.05, 4.69) is 86.0 Å². The quantitative estimate of drug-likeness (QED) is 0.102. The van der Waals surface area contributed by atoms with Gasteiger partial charge in [0.15, 0.2) is 0 Å². The van der Waals surface area contributed by atoms with E-state index in [1.165, 1.54) is 79.7 Å². The number of amides is 4. The maximum absolute atomic E-state index is 13.7. The molecule has 0 radical (unpaired) electrons. The molecular formula is C50H58N8O6. The van der Waals surface area contributed by atoms with Crippen LogP contribution >= 0.6 is 0 Å². The molecule has 4 aliphatic rings. The molecule has 0 unspecified atom stereocenters. The van der Waals surface area contributed by atoms with E-state index in [1.54, 1.807) is 4.90 Å². The highest BCUT2D eigenvalue weighted by molar-refractivity contribution is 5.87. The summed E-state index contributed by atoms with van der Waals surface area (Å²) in [6.07, 6.45) is 13.0. The van der Waals surface area contributed by atoms with Crippen LogP contribution < -0.4 is 10.6 Å². The summed E-state index contributed by atoms with van der Waals surface area (Å²) < 4.78 is 9.43. The third-order valence-electron chi connectivity index (χ3n) is 14.2. The number of nitrogens with zero attached hydrogens (tertiary/aromatic N) is 4. The lowest BCUT2D eigenvalue weighted by atomic mass is 9.76. The molecule has 5 aromatic rings. The average Bonchev–Trinajstić information content (AvgIpc) is 4.18. The van der Waals surface area contributed by atoms with Gasteiger partial charge in [-0.15, -0.1) is 0 Å². The predicted octanol–water partition coefficient (Wildman–Crippen LogP) is 8.62. The highest BCUT2D eigenvalue weighted by Gasteiger charge is 2.44. The number of carbonyl (C=O) groups is 4. The number of methoxy groups -OCH3 is 2. The molecule has 2 aromatic heterocycles. The molecule has 4 amide bonds. The van der Waals surface area contributed by atoms with Gasteiger partial charge in [-0.1, -0.05) is 87.4 Å². The number of hydrogen-bond donors (Lipinski definition) is 4. The lowest BCUT2D eigenvalue weighted by Crippen LogP contribution is -2.51. The van der Waals surface area contributed by atoms with Gasteiger partial charge in [-0.25, -0.2) is 19.6 Å². The first kappa shape index (κ1) is 42.8. The Morgan fingerprint density at radius 2 is 1.23 bits per heavy atom. The predicted molar refractivity (Wildman–Crippen MR) is 243 cm³/mol. The molecule has 4 N–H and O–H groups in total. The number of fused-ring (bicyclic) bond motifs is 2. The fourth-order valence-corrected chi connectivity index (χ4v) is 10.9. The van der Waals surface area contributed by atoms with Crippen LogP contribution in [0, 0.1) is 5.92 Å². The molecule has 3 aromatic carbocycles. The van der Waals surface area contributed by atoms with E-state index >= 15 is 0 Å². The Kier molecular flexibility index (Phi) is 12.0. The van der Waals surface area contributed by atoms with Crippen molar-refractivity contribution < 1.29 is 28.7 Å². The van der Waals surface area contributed by atoms with Crippen molar-refractivity contribution in [3.8, 4) is 44.8 Å². The number of carbonyl (C=O) groups excluding carboxylic acids is 4. The number of aromatic amines is 2. The molecule has 1 spiro atoms. The second kappa shape index (κ2) is 18.0. The Morgan fingerprint density at radius 3 is 1.81 bits per heavy atom. The summed E-state index contributed by atoms with van der Waals surface area (Å²) >= 11 is 0. The summed E-state index contributed by atoms with van der Waals surface area (Å²) in [5.74, 6) is 1.11. The van der Waals surface area contributed by atoms with Gasteiger partial charge < -0.3 is 39.9 Å². The first-order chi connectivity index (χ1) is 31.1. The molecule has 0 bridgehead atoms. The molecule has 334 valence electrons. The topological polar surface area (TPSA) is 175 Å². The standard InChI is InChI=1S/C50H58N8O6/c1-30(2)44(56-49(62)64-4)47(60)58-26-8-10-41(58)46-52-28-39(55-46)33-15-11-31(12-16-33)35-19-20-36(43-37(35)21-24-50(43)22-5-6-23-50)32-13-17-34(18-14-32)38-27-51-45(54-38)40-9-7-25-57(40)42(59)29-53-48(61)63-3/h11-20,27-28,30,40-41,44H,5-10,21-26,29H2,1-4H3,(H,51,54)(H,52,55)(H,53,61)(H,56,62)/t40-,41-,44-/m0/s1. The van der Waals surface area contributed by atoms with Crippen molar-refractivity contribution in [2.75, 3.05) is 33.9 Å². The Balaban J connectivity index is 0.932. The van der Waals surface area contributed by atoms with Gasteiger partial charge in [0, 0.05) is 13.1 Å². The fourth-order valence-electron chi connectivity index (χ4n) is 10.9. The van der Waals surface area contributed by atoms with Crippen LogP contribution in [0.3, 0.4) is 0 Å². The summed E-state index contributed by atoms with van der Waals surface area (Å²) in [5, 5.41) is 5.22. The summed E-state index contributed by atoms with van der Waals surface area (Å²) in [6.45, 7) is 4.94. The first-order valence-electron chi connectivity index (χ1n) is 22.8. The van der Waals surface area contributed by atoms with Gasteiger partial charge in [0.05, 0.1) is 50.1 Å². The van der Waals surface area contributed by atoms with Gasteiger partial charge in [0.1, 0.15) is 24.2 Å². The maximum atomic E-state index is 13.7. The van der Waals surface area contributed by atoms with Gasteiger partial charge in [0.2, 0.25) is 11.8 Å². The monoisotopic (exact) mass is 866 g/mol. The summed E-state index contributed by atoms with van der Waals surface area (Å²) in [7, 11) is 2.58.